The molecular weight excluding hydrogens is 172 g/mol. The number of para-hydroxylation sites is 1. The molecule has 0 atom stereocenters. The van der Waals surface area contributed by atoms with Gasteiger partial charge in [0.25, 0.3) is 0 Å². The highest BCUT2D eigenvalue weighted by atomic mass is 15.1. The van der Waals surface area contributed by atoms with Crippen molar-refractivity contribution in [2.24, 2.45) is 0 Å². The van der Waals surface area contributed by atoms with Gasteiger partial charge in [-0.25, -0.2) is 0 Å². The van der Waals surface area contributed by atoms with Crippen LogP contribution in [0.25, 0.3) is 0 Å². The molecule has 1 aliphatic heterocycles. The Bertz CT molecular complexity index is 290. The quantitative estimate of drug-likeness (QED) is 0.784. The van der Waals surface area contributed by atoms with E-state index in [9.17, 15) is 0 Å². The molecule has 0 aromatic heterocycles. The Balaban J connectivity index is 2.21. The first-order valence-corrected chi connectivity index (χ1v) is 5.39. The van der Waals surface area contributed by atoms with Crippen LogP contribution in [0.3, 0.4) is 0 Å². The summed E-state index contributed by atoms with van der Waals surface area (Å²) < 4.78 is 0. The molecule has 1 heterocycles. The molecule has 1 saturated heterocycles. The molecule has 0 amide bonds. The number of nitrogens with zero attached hydrogens (tertiary/aromatic N) is 1. The molecule has 0 unspecified atom stereocenters. The Kier molecular flexibility index (Phi) is 3.04. The van der Waals surface area contributed by atoms with Gasteiger partial charge in [0.05, 0.1) is 0 Å². The van der Waals surface area contributed by atoms with Crippen LogP contribution in [0.4, 0.5) is 5.69 Å². The molecule has 0 aliphatic carbocycles. The molecule has 0 spiro atoms. The first-order chi connectivity index (χ1) is 6.92. The largest absolute Gasteiger partial charge is 0.371 e. The summed E-state index contributed by atoms with van der Waals surface area (Å²) in [5, 5.41) is 3.22. The van der Waals surface area contributed by atoms with Crippen molar-refractivity contribution >= 4 is 5.69 Å². The number of rotatable bonds is 3. The summed E-state index contributed by atoms with van der Waals surface area (Å²) in [6, 6.07) is 8.70. The number of hydrogen-bond acceptors (Lipinski definition) is 2. The van der Waals surface area contributed by atoms with Crippen LogP contribution in [0.15, 0.2) is 24.3 Å². The minimum atomic E-state index is 0.965. The van der Waals surface area contributed by atoms with Gasteiger partial charge in [-0.15, -0.1) is 0 Å². The van der Waals surface area contributed by atoms with Crippen molar-refractivity contribution in [1.82, 2.24) is 5.32 Å². The fourth-order valence-electron chi connectivity index (χ4n) is 2.12. The summed E-state index contributed by atoms with van der Waals surface area (Å²) in [6.07, 6.45) is 2.68. The fraction of sp³-hybridized carbons (Fsp3) is 0.500. The Morgan fingerprint density at radius 1 is 1.21 bits per heavy atom. The minimum Gasteiger partial charge on any atom is -0.371 e. The van der Waals surface area contributed by atoms with Crippen LogP contribution < -0.4 is 10.2 Å². The molecule has 0 bridgehead atoms. The van der Waals surface area contributed by atoms with Gasteiger partial charge in [0.2, 0.25) is 0 Å². The summed E-state index contributed by atoms with van der Waals surface area (Å²) in [5.41, 5.74) is 2.83. The standard InChI is InChI=1S/C12H18N2/c1-13-10-11-6-2-3-7-12(11)14-8-4-5-9-14/h2-3,6-7,13H,4-5,8-10H2,1H3. The first-order valence-electron chi connectivity index (χ1n) is 5.39. The average molecular weight is 190 g/mol. The summed E-state index contributed by atoms with van der Waals surface area (Å²) >= 11 is 0. The number of anilines is 1. The van der Waals surface area contributed by atoms with E-state index in [0.717, 1.165) is 6.54 Å². The highest BCUT2D eigenvalue weighted by molar-refractivity contribution is 5.54. The Hall–Kier alpha value is -1.02. The Morgan fingerprint density at radius 2 is 1.93 bits per heavy atom. The molecule has 14 heavy (non-hydrogen) atoms. The van der Waals surface area contributed by atoms with Crippen molar-refractivity contribution in [2.75, 3.05) is 25.0 Å². The lowest BCUT2D eigenvalue weighted by Crippen LogP contribution is -2.20. The zero-order valence-electron chi connectivity index (χ0n) is 8.79. The molecule has 1 N–H and O–H groups in total. The van der Waals surface area contributed by atoms with Crippen LogP contribution in [0.5, 0.6) is 0 Å². The zero-order valence-corrected chi connectivity index (χ0v) is 8.79. The monoisotopic (exact) mass is 190 g/mol. The van der Waals surface area contributed by atoms with E-state index in [-0.39, 0.29) is 0 Å². The van der Waals surface area contributed by atoms with E-state index in [4.69, 9.17) is 0 Å². The average Bonchev–Trinajstić information content (AvgIpc) is 2.72. The molecule has 1 aliphatic rings. The molecule has 0 radical (unpaired) electrons. The third-order valence-corrected chi connectivity index (χ3v) is 2.81. The minimum absolute atomic E-state index is 0.965. The van der Waals surface area contributed by atoms with E-state index < -0.39 is 0 Å². The van der Waals surface area contributed by atoms with Gasteiger partial charge in [-0.1, -0.05) is 18.2 Å². The highest BCUT2D eigenvalue weighted by Gasteiger charge is 2.14. The van der Waals surface area contributed by atoms with Crippen molar-refractivity contribution in [2.45, 2.75) is 19.4 Å². The van der Waals surface area contributed by atoms with Crippen molar-refractivity contribution in [3.63, 3.8) is 0 Å². The maximum atomic E-state index is 3.22. The van der Waals surface area contributed by atoms with Gasteiger partial charge >= 0.3 is 0 Å². The van der Waals surface area contributed by atoms with Crippen molar-refractivity contribution in [1.29, 1.82) is 0 Å². The van der Waals surface area contributed by atoms with E-state index in [1.54, 1.807) is 0 Å². The van der Waals surface area contributed by atoms with Crippen LogP contribution in [-0.2, 0) is 6.54 Å². The number of hydrogen-bond donors (Lipinski definition) is 1. The van der Waals surface area contributed by atoms with Gasteiger partial charge in [-0.2, -0.15) is 0 Å². The second-order valence-electron chi connectivity index (χ2n) is 3.85. The maximum Gasteiger partial charge on any atom is 0.0411 e. The molecule has 76 valence electrons. The van der Waals surface area contributed by atoms with Gasteiger partial charge in [-0.05, 0) is 31.5 Å². The second kappa shape index (κ2) is 4.47. The fourth-order valence-corrected chi connectivity index (χ4v) is 2.12. The van der Waals surface area contributed by atoms with E-state index in [0.29, 0.717) is 0 Å². The van der Waals surface area contributed by atoms with Crippen molar-refractivity contribution in [3.8, 4) is 0 Å². The third-order valence-electron chi connectivity index (χ3n) is 2.81. The van der Waals surface area contributed by atoms with Crippen molar-refractivity contribution < 1.29 is 0 Å². The lowest BCUT2D eigenvalue weighted by Gasteiger charge is -2.21. The normalized spacial score (nSPS) is 16.2. The smallest absolute Gasteiger partial charge is 0.0411 e. The van der Waals surface area contributed by atoms with Gasteiger partial charge in [0, 0.05) is 25.3 Å². The molecule has 1 fully saturated rings. The first kappa shape index (κ1) is 9.53. The zero-order chi connectivity index (χ0) is 9.80. The van der Waals surface area contributed by atoms with Crippen LogP contribution in [0.1, 0.15) is 18.4 Å². The molecular formula is C12H18N2. The second-order valence-corrected chi connectivity index (χ2v) is 3.85. The van der Waals surface area contributed by atoms with Crippen LogP contribution >= 0.6 is 0 Å². The van der Waals surface area contributed by atoms with E-state index >= 15 is 0 Å². The third kappa shape index (κ3) is 1.90. The SMILES string of the molecule is CNCc1ccccc1N1CCCC1. The van der Waals surface area contributed by atoms with Gasteiger partial charge in [0.15, 0.2) is 0 Å². The lowest BCUT2D eigenvalue weighted by atomic mass is 10.1. The van der Waals surface area contributed by atoms with Gasteiger partial charge < -0.3 is 10.2 Å². The van der Waals surface area contributed by atoms with Gasteiger partial charge in [0.1, 0.15) is 0 Å². The molecule has 2 rings (SSSR count). The molecule has 2 nitrogen and oxygen atoms in total. The predicted molar refractivity (Wildman–Crippen MR) is 60.7 cm³/mol. The van der Waals surface area contributed by atoms with Crippen LogP contribution in [-0.4, -0.2) is 20.1 Å². The predicted octanol–water partition coefficient (Wildman–Crippen LogP) is 2.01. The molecule has 1 aromatic rings. The number of nitrogens with one attached hydrogen (secondary N) is 1. The summed E-state index contributed by atoms with van der Waals surface area (Å²) in [5.74, 6) is 0. The van der Waals surface area contributed by atoms with Gasteiger partial charge in [-0.3, -0.25) is 0 Å². The molecule has 2 heteroatoms. The Morgan fingerprint density at radius 3 is 2.64 bits per heavy atom. The summed E-state index contributed by atoms with van der Waals surface area (Å²) in [6.45, 7) is 3.41. The topological polar surface area (TPSA) is 15.3 Å². The Labute approximate surface area is 85.9 Å². The van der Waals surface area contributed by atoms with E-state index in [1.165, 1.54) is 37.2 Å². The summed E-state index contributed by atoms with van der Waals surface area (Å²) in [4.78, 5) is 2.49. The van der Waals surface area contributed by atoms with E-state index in [1.807, 2.05) is 7.05 Å². The number of benzene rings is 1. The van der Waals surface area contributed by atoms with Crippen LogP contribution in [0, 0.1) is 0 Å². The molecule has 1 aromatic carbocycles. The molecule has 0 saturated carbocycles. The maximum absolute atomic E-state index is 3.22. The summed E-state index contributed by atoms with van der Waals surface area (Å²) in [7, 11) is 2.00. The van der Waals surface area contributed by atoms with E-state index in [2.05, 4.69) is 34.5 Å². The lowest BCUT2D eigenvalue weighted by molar-refractivity contribution is 0.808. The van der Waals surface area contributed by atoms with Crippen LogP contribution in [0.2, 0.25) is 0 Å². The van der Waals surface area contributed by atoms with Crippen molar-refractivity contribution in [3.05, 3.63) is 29.8 Å². The highest BCUT2D eigenvalue weighted by Crippen LogP contribution is 2.24.